The van der Waals surface area contributed by atoms with E-state index < -0.39 is 0 Å². The molecule has 0 aromatic heterocycles. The van der Waals surface area contributed by atoms with Crippen molar-refractivity contribution in [2.45, 2.75) is 57.0 Å². The minimum Gasteiger partial charge on any atom is -0.314 e. The van der Waals surface area contributed by atoms with Crippen LogP contribution in [0.4, 0.5) is 0 Å². The van der Waals surface area contributed by atoms with Crippen molar-refractivity contribution in [1.82, 2.24) is 10.2 Å². The highest BCUT2D eigenvalue weighted by atomic mass is 15.2. The van der Waals surface area contributed by atoms with Crippen molar-refractivity contribution >= 4 is 0 Å². The molecule has 110 valence electrons. The third kappa shape index (κ3) is 3.42. The number of hydrogen-bond donors (Lipinski definition) is 1. The molecule has 2 heteroatoms. The highest BCUT2D eigenvalue weighted by Crippen LogP contribution is 2.30. The van der Waals surface area contributed by atoms with Crippen molar-refractivity contribution < 1.29 is 0 Å². The lowest BCUT2D eigenvalue weighted by atomic mass is 9.92. The lowest BCUT2D eigenvalue weighted by Gasteiger charge is -2.42. The van der Waals surface area contributed by atoms with Crippen LogP contribution in [0.2, 0.25) is 0 Å². The van der Waals surface area contributed by atoms with Gasteiger partial charge in [0, 0.05) is 31.7 Å². The second kappa shape index (κ2) is 7.24. The van der Waals surface area contributed by atoms with Gasteiger partial charge in [0.25, 0.3) is 0 Å². The summed E-state index contributed by atoms with van der Waals surface area (Å²) in [5.74, 6) is 0. The molecule has 0 spiro atoms. The van der Waals surface area contributed by atoms with Crippen molar-refractivity contribution in [3.8, 4) is 0 Å². The molecule has 1 N–H and O–H groups in total. The molecule has 20 heavy (non-hydrogen) atoms. The summed E-state index contributed by atoms with van der Waals surface area (Å²) in [5.41, 5.74) is 1.49. The van der Waals surface area contributed by atoms with Gasteiger partial charge in [0.05, 0.1) is 0 Å². The molecule has 2 fully saturated rings. The van der Waals surface area contributed by atoms with E-state index in [9.17, 15) is 0 Å². The highest BCUT2D eigenvalue weighted by Gasteiger charge is 2.29. The van der Waals surface area contributed by atoms with Gasteiger partial charge in [-0.2, -0.15) is 0 Å². The zero-order chi connectivity index (χ0) is 13.6. The van der Waals surface area contributed by atoms with E-state index in [2.05, 4.69) is 40.5 Å². The molecule has 1 unspecified atom stereocenters. The van der Waals surface area contributed by atoms with Crippen LogP contribution >= 0.6 is 0 Å². The summed E-state index contributed by atoms with van der Waals surface area (Å²) in [4.78, 5) is 2.80. The first-order chi connectivity index (χ1) is 9.95. The molecule has 1 aromatic carbocycles. The van der Waals surface area contributed by atoms with Crippen LogP contribution in [0.1, 0.15) is 56.6 Å². The number of benzene rings is 1. The quantitative estimate of drug-likeness (QED) is 0.882. The predicted molar refractivity (Wildman–Crippen MR) is 84.9 cm³/mol. The third-order valence-corrected chi connectivity index (χ3v) is 5.01. The van der Waals surface area contributed by atoms with Crippen LogP contribution in [-0.4, -0.2) is 30.6 Å². The van der Waals surface area contributed by atoms with Crippen molar-refractivity contribution in [2.24, 2.45) is 0 Å². The SMILES string of the molecule is c1ccc(C2CNCCN2C2CCCCCCC2)cc1. The second-order valence-electron chi connectivity index (χ2n) is 6.37. The third-order valence-electron chi connectivity index (χ3n) is 5.01. The fourth-order valence-corrected chi connectivity index (χ4v) is 3.91. The summed E-state index contributed by atoms with van der Waals surface area (Å²) >= 11 is 0. The van der Waals surface area contributed by atoms with E-state index >= 15 is 0 Å². The molecule has 1 heterocycles. The fourth-order valence-electron chi connectivity index (χ4n) is 3.91. The summed E-state index contributed by atoms with van der Waals surface area (Å²) in [5, 5.41) is 3.59. The Morgan fingerprint density at radius 3 is 2.35 bits per heavy atom. The van der Waals surface area contributed by atoms with Gasteiger partial charge in [0.1, 0.15) is 0 Å². The summed E-state index contributed by atoms with van der Waals surface area (Å²) in [6.07, 6.45) is 10.0. The van der Waals surface area contributed by atoms with E-state index in [1.54, 1.807) is 0 Å². The Morgan fingerprint density at radius 1 is 0.900 bits per heavy atom. The van der Waals surface area contributed by atoms with Gasteiger partial charge >= 0.3 is 0 Å². The van der Waals surface area contributed by atoms with Gasteiger partial charge in [-0.05, 0) is 18.4 Å². The van der Waals surface area contributed by atoms with E-state index in [0.717, 1.165) is 19.1 Å². The van der Waals surface area contributed by atoms with Crippen LogP contribution in [0, 0.1) is 0 Å². The molecule has 1 aromatic rings. The minimum absolute atomic E-state index is 0.578. The van der Waals surface area contributed by atoms with Gasteiger partial charge in [-0.25, -0.2) is 0 Å². The molecule has 1 saturated carbocycles. The number of hydrogen-bond acceptors (Lipinski definition) is 2. The van der Waals surface area contributed by atoms with Crippen molar-refractivity contribution in [2.75, 3.05) is 19.6 Å². The Morgan fingerprint density at radius 2 is 1.60 bits per heavy atom. The van der Waals surface area contributed by atoms with Gasteiger partial charge in [-0.15, -0.1) is 0 Å². The molecule has 0 radical (unpaired) electrons. The molecule has 0 bridgehead atoms. The van der Waals surface area contributed by atoms with E-state index in [4.69, 9.17) is 0 Å². The monoisotopic (exact) mass is 272 g/mol. The highest BCUT2D eigenvalue weighted by molar-refractivity contribution is 5.20. The van der Waals surface area contributed by atoms with E-state index in [1.807, 2.05) is 0 Å². The Kier molecular flexibility index (Phi) is 5.10. The normalized spacial score (nSPS) is 26.9. The summed E-state index contributed by atoms with van der Waals surface area (Å²) < 4.78 is 0. The summed E-state index contributed by atoms with van der Waals surface area (Å²) in [6, 6.07) is 12.5. The van der Waals surface area contributed by atoms with E-state index in [0.29, 0.717) is 6.04 Å². The van der Waals surface area contributed by atoms with Gasteiger partial charge in [0.2, 0.25) is 0 Å². The number of piperazine rings is 1. The van der Waals surface area contributed by atoms with Crippen LogP contribution in [0.5, 0.6) is 0 Å². The van der Waals surface area contributed by atoms with Gasteiger partial charge < -0.3 is 5.32 Å². The zero-order valence-electron chi connectivity index (χ0n) is 12.6. The molecule has 0 amide bonds. The van der Waals surface area contributed by atoms with Crippen LogP contribution in [-0.2, 0) is 0 Å². The maximum atomic E-state index is 3.59. The largest absolute Gasteiger partial charge is 0.314 e. The van der Waals surface area contributed by atoms with Crippen LogP contribution in [0.15, 0.2) is 30.3 Å². The molecule has 2 nitrogen and oxygen atoms in total. The Hall–Kier alpha value is -0.860. The maximum Gasteiger partial charge on any atom is 0.0476 e. The average Bonchev–Trinajstić information content (AvgIpc) is 2.48. The maximum absolute atomic E-state index is 3.59. The van der Waals surface area contributed by atoms with Crippen LogP contribution in [0.25, 0.3) is 0 Å². The van der Waals surface area contributed by atoms with Crippen LogP contribution < -0.4 is 5.32 Å². The molecular weight excluding hydrogens is 244 g/mol. The smallest absolute Gasteiger partial charge is 0.0476 e. The standard InChI is InChI=1S/C18H28N2/c1-2-7-11-17(12-8-3-1)20-14-13-19-15-18(20)16-9-5-4-6-10-16/h4-6,9-10,17-19H,1-3,7-8,11-15H2. The number of nitrogens with zero attached hydrogens (tertiary/aromatic N) is 1. The number of rotatable bonds is 2. The van der Waals surface area contributed by atoms with E-state index in [1.165, 1.54) is 57.1 Å². The minimum atomic E-state index is 0.578. The van der Waals surface area contributed by atoms with Gasteiger partial charge in [-0.1, -0.05) is 62.4 Å². The first-order valence-electron chi connectivity index (χ1n) is 8.46. The Balaban J connectivity index is 1.74. The fraction of sp³-hybridized carbons (Fsp3) is 0.667. The zero-order valence-corrected chi connectivity index (χ0v) is 12.6. The molecular formula is C18H28N2. The molecule has 1 atom stereocenters. The van der Waals surface area contributed by atoms with Gasteiger partial charge in [-0.3, -0.25) is 4.90 Å². The second-order valence-corrected chi connectivity index (χ2v) is 6.37. The van der Waals surface area contributed by atoms with Gasteiger partial charge in [0.15, 0.2) is 0 Å². The first-order valence-corrected chi connectivity index (χ1v) is 8.46. The van der Waals surface area contributed by atoms with Crippen molar-refractivity contribution in [3.05, 3.63) is 35.9 Å². The van der Waals surface area contributed by atoms with Crippen molar-refractivity contribution in [1.29, 1.82) is 0 Å². The Labute approximate surface area is 123 Å². The lowest BCUT2D eigenvalue weighted by molar-refractivity contribution is 0.0882. The summed E-state index contributed by atoms with van der Waals surface area (Å²) in [7, 11) is 0. The molecule has 1 aliphatic heterocycles. The van der Waals surface area contributed by atoms with Crippen LogP contribution in [0.3, 0.4) is 0 Å². The van der Waals surface area contributed by atoms with Crippen molar-refractivity contribution in [3.63, 3.8) is 0 Å². The molecule has 1 saturated heterocycles. The summed E-state index contributed by atoms with van der Waals surface area (Å²) in [6.45, 7) is 3.48. The van der Waals surface area contributed by atoms with E-state index in [-0.39, 0.29) is 0 Å². The topological polar surface area (TPSA) is 15.3 Å². The average molecular weight is 272 g/mol. The lowest BCUT2D eigenvalue weighted by Crippen LogP contribution is -2.50. The first kappa shape index (κ1) is 14.1. The molecule has 3 rings (SSSR count). The number of nitrogens with one attached hydrogen (secondary N) is 1. The predicted octanol–water partition coefficient (Wildman–Crippen LogP) is 3.75. The molecule has 2 aliphatic rings. The molecule has 1 aliphatic carbocycles. The Bertz CT molecular complexity index is 382.